The average molecular weight is 394 g/mol. The van der Waals surface area contributed by atoms with E-state index in [9.17, 15) is 9.59 Å². The van der Waals surface area contributed by atoms with Crippen LogP contribution < -0.4 is 5.56 Å². The molecule has 0 unspecified atom stereocenters. The van der Waals surface area contributed by atoms with Gasteiger partial charge in [-0.2, -0.15) is 0 Å². The number of aryl methyl sites for hydroxylation is 2. The van der Waals surface area contributed by atoms with E-state index in [2.05, 4.69) is 25.1 Å². The number of amides is 1. The number of rotatable bonds is 4. The number of H-pyrrole nitrogens is 1. The molecule has 1 aliphatic rings. The molecular formula is C20H22N6O3. The molecule has 4 heterocycles. The topological polar surface area (TPSA) is 118 Å². The van der Waals surface area contributed by atoms with Crippen LogP contribution >= 0.6 is 0 Å². The maximum atomic E-state index is 12.9. The molecular weight excluding hydrogens is 372 g/mol. The standard InChI is InChI=1S/C20H22N6O3/c1-3-16-18(12(2)25-29-16)20(28)26-8-4-13(5-9-26)14-10-17(27)24-19(23-14)15-11-21-6-7-22-15/h6-7,10-11,13H,3-5,8-9H2,1-2H3,(H,23,24,27). The maximum Gasteiger partial charge on any atom is 0.259 e. The number of nitrogens with zero attached hydrogens (tertiary/aromatic N) is 5. The zero-order valence-corrected chi connectivity index (χ0v) is 16.4. The van der Waals surface area contributed by atoms with E-state index < -0.39 is 0 Å². The molecule has 1 fully saturated rings. The molecule has 0 spiro atoms. The van der Waals surface area contributed by atoms with Gasteiger partial charge in [0.1, 0.15) is 17.0 Å². The van der Waals surface area contributed by atoms with Crippen molar-refractivity contribution in [2.45, 2.75) is 39.0 Å². The molecule has 9 heteroatoms. The summed E-state index contributed by atoms with van der Waals surface area (Å²) in [4.78, 5) is 42.4. The fraction of sp³-hybridized carbons (Fsp3) is 0.400. The lowest BCUT2D eigenvalue weighted by Gasteiger charge is -2.31. The van der Waals surface area contributed by atoms with E-state index in [0.717, 1.165) is 18.5 Å². The number of nitrogens with one attached hydrogen (secondary N) is 1. The number of piperidine rings is 1. The van der Waals surface area contributed by atoms with E-state index >= 15 is 0 Å². The highest BCUT2D eigenvalue weighted by atomic mass is 16.5. The summed E-state index contributed by atoms with van der Waals surface area (Å²) in [5, 5.41) is 3.93. The molecule has 0 radical (unpaired) electrons. The Morgan fingerprint density at radius 2 is 2.10 bits per heavy atom. The number of hydrogen-bond donors (Lipinski definition) is 1. The third kappa shape index (κ3) is 3.80. The molecule has 150 valence electrons. The van der Waals surface area contributed by atoms with Crippen molar-refractivity contribution in [1.29, 1.82) is 0 Å². The van der Waals surface area contributed by atoms with Crippen LogP contribution in [-0.2, 0) is 6.42 Å². The molecule has 3 aromatic heterocycles. The van der Waals surface area contributed by atoms with Gasteiger partial charge in [0.2, 0.25) is 0 Å². The maximum absolute atomic E-state index is 12.9. The van der Waals surface area contributed by atoms with Crippen LogP contribution in [0.5, 0.6) is 0 Å². The second-order valence-corrected chi connectivity index (χ2v) is 7.10. The van der Waals surface area contributed by atoms with Crippen molar-refractivity contribution >= 4 is 5.91 Å². The first kappa shape index (κ1) is 19.0. The smallest absolute Gasteiger partial charge is 0.259 e. The number of carbonyl (C=O) groups excluding carboxylic acids is 1. The molecule has 0 atom stereocenters. The first-order valence-electron chi connectivity index (χ1n) is 9.69. The fourth-order valence-corrected chi connectivity index (χ4v) is 3.70. The van der Waals surface area contributed by atoms with Crippen molar-refractivity contribution in [3.8, 4) is 11.5 Å². The first-order valence-corrected chi connectivity index (χ1v) is 9.69. The van der Waals surface area contributed by atoms with E-state index in [4.69, 9.17) is 4.52 Å². The molecule has 1 amide bonds. The second kappa shape index (κ2) is 7.94. The highest BCUT2D eigenvalue weighted by Crippen LogP contribution is 2.28. The van der Waals surface area contributed by atoms with Gasteiger partial charge < -0.3 is 14.4 Å². The van der Waals surface area contributed by atoms with Gasteiger partial charge in [0.15, 0.2) is 5.82 Å². The Bertz CT molecular complexity index is 1070. The summed E-state index contributed by atoms with van der Waals surface area (Å²) >= 11 is 0. The van der Waals surface area contributed by atoms with Crippen molar-refractivity contribution < 1.29 is 9.32 Å². The van der Waals surface area contributed by atoms with Crippen LogP contribution in [-0.4, -0.2) is 49.0 Å². The first-order chi connectivity index (χ1) is 14.1. The summed E-state index contributed by atoms with van der Waals surface area (Å²) in [6, 6.07) is 1.53. The van der Waals surface area contributed by atoms with Gasteiger partial charge >= 0.3 is 0 Å². The van der Waals surface area contributed by atoms with Crippen molar-refractivity contribution in [1.82, 2.24) is 30.0 Å². The highest BCUT2D eigenvalue weighted by molar-refractivity contribution is 5.96. The van der Waals surface area contributed by atoms with Gasteiger partial charge in [-0.15, -0.1) is 0 Å². The van der Waals surface area contributed by atoms with Gasteiger partial charge in [0.25, 0.3) is 11.5 Å². The summed E-state index contributed by atoms with van der Waals surface area (Å²) in [6.45, 7) is 4.91. The highest BCUT2D eigenvalue weighted by Gasteiger charge is 2.29. The van der Waals surface area contributed by atoms with Gasteiger partial charge in [0.05, 0.1) is 17.6 Å². The van der Waals surface area contributed by atoms with Gasteiger partial charge in [-0.05, 0) is 19.8 Å². The van der Waals surface area contributed by atoms with Crippen LogP contribution in [0.4, 0.5) is 0 Å². The van der Waals surface area contributed by atoms with Crippen molar-refractivity contribution in [3.63, 3.8) is 0 Å². The number of carbonyl (C=O) groups is 1. The third-order valence-electron chi connectivity index (χ3n) is 5.24. The summed E-state index contributed by atoms with van der Waals surface area (Å²) < 4.78 is 5.26. The number of hydrogen-bond acceptors (Lipinski definition) is 7. The third-order valence-corrected chi connectivity index (χ3v) is 5.24. The molecule has 29 heavy (non-hydrogen) atoms. The molecule has 1 N–H and O–H groups in total. The van der Waals surface area contributed by atoms with E-state index in [1.807, 2.05) is 11.8 Å². The van der Waals surface area contributed by atoms with Crippen LogP contribution in [0.3, 0.4) is 0 Å². The minimum Gasteiger partial charge on any atom is -0.360 e. The van der Waals surface area contributed by atoms with Crippen LogP contribution in [0, 0.1) is 6.92 Å². The van der Waals surface area contributed by atoms with E-state index in [-0.39, 0.29) is 17.4 Å². The number of aromatic amines is 1. The Balaban J connectivity index is 1.50. The predicted octanol–water partition coefficient (Wildman–Crippen LogP) is 2.11. The van der Waals surface area contributed by atoms with Crippen LogP contribution in [0.2, 0.25) is 0 Å². The Morgan fingerprint density at radius 1 is 1.31 bits per heavy atom. The van der Waals surface area contributed by atoms with Crippen molar-refractivity contribution in [3.05, 3.63) is 57.7 Å². The normalized spacial score (nSPS) is 14.9. The minimum absolute atomic E-state index is 0.0434. The summed E-state index contributed by atoms with van der Waals surface area (Å²) in [6.07, 6.45) is 6.78. The van der Waals surface area contributed by atoms with E-state index in [0.29, 0.717) is 48.0 Å². The monoisotopic (exact) mass is 394 g/mol. The van der Waals surface area contributed by atoms with Gasteiger partial charge in [-0.3, -0.25) is 14.6 Å². The van der Waals surface area contributed by atoms with Gasteiger partial charge in [-0.1, -0.05) is 12.1 Å². The zero-order valence-electron chi connectivity index (χ0n) is 16.4. The Morgan fingerprint density at radius 3 is 2.79 bits per heavy atom. The van der Waals surface area contributed by atoms with Crippen molar-refractivity contribution in [2.24, 2.45) is 0 Å². The zero-order chi connectivity index (χ0) is 20.4. The van der Waals surface area contributed by atoms with Crippen molar-refractivity contribution in [2.75, 3.05) is 13.1 Å². The lowest BCUT2D eigenvalue weighted by molar-refractivity contribution is 0.0709. The lowest BCUT2D eigenvalue weighted by Crippen LogP contribution is -2.38. The molecule has 3 aromatic rings. The van der Waals surface area contributed by atoms with Crippen LogP contribution in [0.1, 0.15) is 53.2 Å². The van der Waals surface area contributed by atoms with Crippen LogP contribution in [0.25, 0.3) is 11.5 Å². The quantitative estimate of drug-likeness (QED) is 0.720. The molecule has 0 aromatic carbocycles. The Kier molecular flexibility index (Phi) is 5.20. The Labute approximate surface area is 167 Å². The molecule has 0 saturated carbocycles. The molecule has 4 rings (SSSR count). The van der Waals surface area contributed by atoms with Gasteiger partial charge in [0, 0.05) is 43.9 Å². The summed E-state index contributed by atoms with van der Waals surface area (Å²) in [7, 11) is 0. The Hall–Kier alpha value is -3.36. The molecule has 1 saturated heterocycles. The fourth-order valence-electron chi connectivity index (χ4n) is 3.70. The predicted molar refractivity (Wildman–Crippen MR) is 104 cm³/mol. The summed E-state index contributed by atoms with van der Waals surface area (Å²) in [5.41, 5.74) is 2.22. The molecule has 0 aliphatic carbocycles. The van der Waals surface area contributed by atoms with Crippen LogP contribution in [0.15, 0.2) is 34.0 Å². The van der Waals surface area contributed by atoms with Gasteiger partial charge in [-0.25, -0.2) is 9.97 Å². The number of likely N-dealkylation sites (tertiary alicyclic amines) is 1. The van der Waals surface area contributed by atoms with E-state index in [1.165, 1.54) is 6.07 Å². The number of aromatic nitrogens is 5. The van der Waals surface area contributed by atoms with E-state index in [1.54, 1.807) is 25.5 Å². The summed E-state index contributed by atoms with van der Waals surface area (Å²) in [5.74, 6) is 1.09. The SMILES string of the molecule is CCc1onc(C)c1C(=O)N1CCC(c2cc(=O)[nH]c(-c3cnccn3)n2)CC1. The molecule has 1 aliphatic heterocycles. The average Bonchev–Trinajstić information content (AvgIpc) is 3.14. The lowest BCUT2D eigenvalue weighted by atomic mass is 9.92. The molecule has 0 bridgehead atoms. The second-order valence-electron chi connectivity index (χ2n) is 7.10. The largest absolute Gasteiger partial charge is 0.360 e. The minimum atomic E-state index is -0.221. The molecule has 9 nitrogen and oxygen atoms in total.